The molecule has 0 saturated carbocycles. The molecule has 27 heavy (non-hydrogen) atoms. The zero-order valence-electron chi connectivity index (χ0n) is 19.0. The second-order valence-electron chi connectivity index (χ2n) is 9.79. The van der Waals surface area contributed by atoms with Gasteiger partial charge in [0.2, 0.25) is 0 Å². The van der Waals surface area contributed by atoms with Crippen LogP contribution in [0, 0.1) is 23.7 Å². The highest BCUT2D eigenvalue weighted by Crippen LogP contribution is 2.35. The lowest BCUT2D eigenvalue weighted by molar-refractivity contribution is 0.472. The molecule has 1 aliphatic carbocycles. The maximum atomic E-state index is 3.72. The zero-order valence-corrected chi connectivity index (χ0v) is 19.0. The van der Waals surface area contributed by atoms with E-state index >= 15 is 0 Å². The van der Waals surface area contributed by atoms with Gasteiger partial charge in [-0.3, -0.25) is 0 Å². The standard InChI is InChI=1S/C26H43N/c1-18(2)8-10-20(5)23-12-14-25(22(7)16-23)24-13-15-26(27-17-24)21(6)11-9-19(3)4/h13,15-16,18-21,27H,8-12,14,17H2,1-7H3. The van der Waals surface area contributed by atoms with Crippen molar-refractivity contribution in [3.8, 4) is 0 Å². The van der Waals surface area contributed by atoms with Gasteiger partial charge in [0.05, 0.1) is 0 Å². The van der Waals surface area contributed by atoms with Crippen LogP contribution < -0.4 is 5.32 Å². The van der Waals surface area contributed by atoms with Crippen molar-refractivity contribution in [3.63, 3.8) is 0 Å². The van der Waals surface area contributed by atoms with Crippen molar-refractivity contribution >= 4 is 0 Å². The Labute approximate surface area is 169 Å². The normalized spacial score (nSPS) is 20.3. The Morgan fingerprint density at radius 2 is 1.44 bits per heavy atom. The number of hydrogen-bond donors (Lipinski definition) is 1. The van der Waals surface area contributed by atoms with Gasteiger partial charge in [-0.05, 0) is 79.1 Å². The summed E-state index contributed by atoms with van der Waals surface area (Å²) in [7, 11) is 0. The van der Waals surface area contributed by atoms with E-state index in [2.05, 4.69) is 72.0 Å². The Kier molecular flexibility index (Phi) is 8.45. The van der Waals surface area contributed by atoms with Gasteiger partial charge in [0.1, 0.15) is 0 Å². The minimum Gasteiger partial charge on any atom is -0.384 e. The van der Waals surface area contributed by atoms with Crippen LogP contribution in [0.4, 0.5) is 0 Å². The van der Waals surface area contributed by atoms with Crippen molar-refractivity contribution in [1.29, 1.82) is 0 Å². The molecule has 1 heterocycles. The number of rotatable bonds is 9. The third-order valence-corrected chi connectivity index (χ3v) is 6.39. The molecule has 1 heteroatoms. The fraction of sp³-hybridized carbons (Fsp3) is 0.692. The summed E-state index contributed by atoms with van der Waals surface area (Å²) in [5.74, 6) is 2.98. The van der Waals surface area contributed by atoms with Crippen LogP contribution in [-0.2, 0) is 0 Å². The molecule has 0 spiro atoms. The highest BCUT2D eigenvalue weighted by molar-refractivity contribution is 5.47. The Morgan fingerprint density at radius 3 is 1.96 bits per heavy atom. The lowest BCUT2D eigenvalue weighted by Gasteiger charge is -2.28. The van der Waals surface area contributed by atoms with E-state index in [1.165, 1.54) is 55.4 Å². The molecule has 1 N–H and O–H groups in total. The number of nitrogens with one attached hydrogen (secondary N) is 1. The molecule has 1 aliphatic heterocycles. The third kappa shape index (κ3) is 6.70. The first-order valence-corrected chi connectivity index (χ1v) is 11.3. The molecular weight excluding hydrogens is 326 g/mol. The van der Waals surface area contributed by atoms with Crippen LogP contribution >= 0.6 is 0 Å². The fourth-order valence-electron chi connectivity index (χ4n) is 4.27. The molecule has 0 amide bonds. The highest BCUT2D eigenvalue weighted by Gasteiger charge is 2.20. The summed E-state index contributed by atoms with van der Waals surface area (Å²) in [4.78, 5) is 0. The summed E-state index contributed by atoms with van der Waals surface area (Å²) in [6.07, 6.45) is 14.9. The van der Waals surface area contributed by atoms with Crippen LogP contribution in [0.25, 0.3) is 0 Å². The molecule has 0 aromatic heterocycles. The average molecular weight is 370 g/mol. The van der Waals surface area contributed by atoms with Gasteiger partial charge in [-0.15, -0.1) is 0 Å². The van der Waals surface area contributed by atoms with Crippen molar-refractivity contribution < 1.29 is 0 Å². The summed E-state index contributed by atoms with van der Waals surface area (Å²) >= 11 is 0. The summed E-state index contributed by atoms with van der Waals surface area (Å²) < 4.78 is 0. The molecular formula is C26H43N. The third-order valence-electron chi connectivity index (χ3n) is 6.39. The van der Waals surface area contributed by atoms with E-state index in [1.807, 2.05) is 0 Å². The molecule has 0 aromatic carbocycles. The maximum Gasteiger partial charge on any atom is 0.0400 e. The van der Waals surface area contributed by atoms with E-state index < -0.39 is 0 Å². The fourth-order valence-corrected chi connectivity index (χ4v) is 4.27. The maximum absolute atomic E-state index is 3.72. The van der Waals surface area contributed by atoms with Gasteiger partial charge >= 0.3 is 0 Å². The molecule has 2 atom stereocenters. The Hall–Kier alpha value is -1.24. The lowest BCUT2D eigenvalue weighted by atomic mass is 9.81. The van der Waals surface area contributed by atoms with Crippen molar-refractivity contribution in [2.45, 2.75) is 87.0 Å². The van der Waals surface area contributed by atoms with E-state index in [-0.39, 0.29) is 0 Å². The zero-order chi connectivity index (χ0) is 20.0. The van der Waals surface area contributed by atoms with E-state index in [9.17, 15) is 0 Å². The smallest absolute Gasteiger partial charge is 0.0400 e. The van der Waals surface area contributed by atoms with Gasteiger partial charge in [-0.2, -0.15) is 0 Å². The summed E-state index contributed by atoms with van der Waals surface area (Å²) in [5, 5.41) is 3.72. The van der Waals surface area contributed by atoms with E-state index in [0.717, 1.165) is 24.3 Å². The highest BCUT2D eigenvalue weighted by atomic mass is 14.9. The number of allylic oxidation sites excluding steroid dienone is 6. The predicted molar refractivity (Wildman–Crippen MR) is 121 cm³/mol. The van der Waals surface area contributed by atoms with Crippen molar-refractivity contribution in [3.05, 3.63) is 46.2 Å². The molecule has 2 aliphatic rings. The first kappa shape index (κ1) is 22.1. The quantitative estimate of drug-likeness (QED) is 0.441. The van der Waals surface area contributed by atoms with Crippen molar-refractivity contribution in [2.75, 3.05) is 6.54 Å². The Balaban J connectivity index is 2.03. The first-order chi connectivity index (χ1) is 12.8. The van der Waals surface area contributed by atoms with Crippen LogP contribution in [-0.4, -0.2) is 6.54 Å². The Bertz CT molecular complexity index is 612. The molecule has 2 rings (SSSR count). The summed E-state index contributed by atoms with van der Waals surface area (Å²) in [5.41, 5.74) is 7.65. The number of hydrogen-bond acceptors (Lipinski definition) is 1. The SMILES string of the molecule is CC1=C(C2=CC=C(C(C)CCC(C)C)NC2)CCC(C(C)CCC(C)C)=C1. The monoisotopic (exact) mass is 369 g/mol. The largest absolute Gasteiger partial charge is 0.384 e. The summed E-state index contributed by atoms with van der Waals surface area (Å²) in [6.45, 7) is 17.4. The van der Waals surface area contributed by atoms with Gasteiger partial charge in [0, 0.05) is 12.2 Å². The van der Waals surface area contributed by atoms with E-state index in [4.69, 9.17) is 0 Å². The van der Waals surface area contributed by atoms with Gasteiger partial charge < -0.3 is 5.32 Å². The van der Waals surface area contributed by atoms with Crippen LogP contribution in [0.2, 0.25) is 0 Å². The predicted octanol–water partition coefficient (Wildman–Crippen LogP) is 7.58. The lowest BCUT2D eigenvalue weighted by Crippen LogP contribution is -2.25. The molecule has 0 radical (unpaired) electrons. The molecule has 0 bridgehead atoms. The molecule has 2 unspecified atom stereocenters. The van der Waals surface area contributed by atoms with Crippen LogP contribution in [0.3, 0.4) is 0 Å². The summed E-state index contributed by atoms with van der Waals surface area (Å²) in [6, 6.07) is 0. The van der Waals surface area contributed by atoms with Gasteiger partial charge in [0.15, 0.2) is 0 Å². The second-order valence-corrected chi connectivity index (χ2v) is 9.79. The van der Waals surface area contributed by atoms with Crippen LogP contribution in [0.1, 0.15) is 87.0 Å². The van der Waals surface area contributed by atoms with E-state index in [1.54, 1.807) is 11.1 Å². The second kappa shape index (κ2) is 10.3. The molecule has 0 saturated heterocycles. The van der Waals surface area contributed by atoms with Gasteiger partial charge in [-0.25, -0.2) is 0 Å². The van der Waals surface area contributed by atoms with Crippen molar-refractivity contribution in [2.24, 2.45) is 23.7 Å². The van der Waals surface area contributed by atoms with Crippen LogP contribution in [0.5, 0.6) is 0 Å². The Morgan fingerprint density at radius 1 is 0.815 bits per heavy atom. The van der Waals surface area contributed by atoms with Crippen LogP contribution in [0.15, 0.2) is 46.2 Å². The molecule has 0 aromatic rings. The molecule has 1 nitrogen and oxygen atoms in total. The minimum absolute atomic E-state index is 0.639. The molecule has 152 valence electrons. The van der Waals surface area contributed by atoms with Crippen molar-refractivity contribution in [1.82, 2.24) is 5.32 Å². The van der Waals surface area contributed by atoms with Gasteiger partial charge in [0.25, 0.3) is 0 Å². The van der Waals surface area contributed by atoms with Gasteiger partial charge in [-0.1, -0.05) is 72.1 Å². The number of dihydropyridines is 1. The minimum atomic E-state index is 0.639. The first-order valence-electron chi connectivity index (χ1n) is 11.3. The molecule has 0 fully saturated rings. The average Bonchev–Trinajstić information content (AvgIpc) is 2.64. The van der Waals surface area contributed by atoms with E-state index in [0.29, 0.717) is 5.92 Å². The topological polar surface area (TPSA) is 12.0 Å².